The van der Waals surface area contributed by atoms with Crippen molar-refractivity contribution < 1.29 is 4.74 Å². The van der Waals surface area contributed by atoms with Crippen molar-refractivity contribution >= 4 is 16.5 Å². The third-order valence-corrected chi connectivity index (χ3v) is 3.41. The lowest BCUT2D eigenvalue weighted by Crippen LogP contribution is -2.23. The molecule has 8 heteroatoms. The monoisotopic (exact) mass is 295 g/mol. The molecule has 1 N–H and O–H groups in total. The molecule has 0 aliphatic rings. The first-order valence-corrected chi connectivity index (χ1v) is 7.10. The summed E-state index contributed by atoms with van der Waals surface area (Å²) in [5, 5.41) is 8.19. The minimum absolute atomic E-state index is 0.163. The molecule has 2 aromatic rings. The highest BCUT2D eigenvalue weighted by atomic mass is 32.1. The van der Waals surface area contributed by atoms with Crippen LogP contribution in [0.25, 0.3) is 0 Å². The van der Waals surface area contributed by atoms with Crippen LogP contribution >= 0.6 is 11.5 Å². The van der Waals surface area contributed by atoms with Gasteiger partial charge < -0.3 is 10.1 Å². The maximum Gasteiger partial charge on any atom is 0.299 e. The second kappa shape index (κ2) is 6.47. The first kappa shape index (κ1) is 14.4. The lowest BCUT2D eigenvalue weighted by molar-refractivity contribution is 0.349. The van der Waals surface area contributed by atoms with Gasteiger partial charge in [-0.1, -0.05) is 11.4 Å². The number of anilines is 1. The van der Waals surface area contributed by atoms with Crippen molar-refractivity contribution in [1.29, 1.82) is 0 Å². The van der Waals surface area contributed by atoms with Crippen LogP contribution in [0.5, 0.6) is 6.01 Å². The summed E-state index contributed by atoms with van der Waals surface area (Å²) < 4.78 is 10.5. The molecule has 0 fully saturated rings. The fourth-order valence-electron chi connectivity index (χ4n) is 1.73. The Bertz CT molecular complexity index is 637. The average Bonchev–Trinajstić information content (AvgIpc) is 2.86. The predicted octanol–water partition coefficient (Wildman–Crippen LogP) is 1.28. The number of nitrogens with zero attached hydrogens (tertiary/aromatic N) is 4. The summed E-state index contributed by atoms with van der Waals surface area (Å²) in [4.78, 5) is 16.2. The molecule has 0 spiro atoms. The molecular weight excluding hydrogens is 278 g/mol. The first-order valence-electron chi connectivity index (χ1n) is 6.33. The van der Waals surface area contributed by atoms with Gasteiger partial charge in [0.05, 0.1) is 13.7 Å². The van der Waals surface area contributed by atoms with Crippen molar-refractivity contribution in [1.82, 2.24) is 19.1 Å². The Morgan fingerprint density at radius 1 is 1.50 bits per heavy atom. The Labute approximate surface area is 120 Å². The van der Waals surface area contributed by atoms with E-state index in [4.69, 9.17) is 4.74 Å². The van der Waals surface area contributed by atoms with Crippen LogP contribution in [-0.2, 0) is 6.54 Å². The number of rotatable bonds is 6. The zero-order chi connectivity index (χ0) is 14.5. The van der Waals surface area contributed by atoms with E-state index in [1.807, 2.05) is 0 Å². The van der Waals surface area contributed by atoms with Gasteiger partial charge in [-0.3, -0.25) is 9.36 Å². The van der Waals surface area contributed by atoms with Crippen LogP contribution in [0.2, 0.25) is 0 Å². The van der Waals surface area contributed by atoms with Crippen LogP contribution in [0.4, 0.5) is 5.00 Å². The number of aryl methyl sites for hydroxylation is 1. The number of aromatic nitrogens is 4. The molecule has 0 saturated carbocycles. The fourth-order valence-corrected chi connectivity index (χ4v) is 2.33. The molecule has 2 heterocycles. The molecule has 0 unspecified atom stereocenters. The average molecular weight is 295 g/mol. The van der Waals surface area contributed by atoms with Crippen LogP contribution in [0.3, 0.4) is 0 Å². The maximum absolute atomic E-state index is 12.0. The smallest absolute Gasteiger partial charge is 0.299 e. The number of methoxy groups -OCH3 is 1. The van der Waals surface area contributed by atoms with Gasteiger partial charge in [-0.25, -0.2) is 4.98 Å². The van der Waals surface area contributed by atoms with Crippen LogP contribution in [0.1, 0.15) is 24.7 Å². The number of nitrogens with one attached hydrogen (secondary N) is 1. The summed E-state index contributed by atoms with van der Waals surface area (Å²) in [7, 11) is 1.49. The van der Waals surface area contributed by atoms with E-state index in [1.54, 1.807) is 6.92 Å². The van der Waals surface area contributed by atoms with E-state index in [0.717, 1.165) is 23.7 Å². The SMILES string of the molecule is CCCNc1snnc1Cn1c(OC)nc(C)cc1=O. The summed E-state index contributed by atoms with van der Waals surface area (Å²) >= 11 is 1.28. The molecule has 2 rings (SSSR count). The van der Waals surface area contributed by atoms with Crippen molar-refractivity contribution in [3.63, 3.8) is 0 Å². The zero-order valence-electron chi connectivity index (χ0n) is 11.7. The minimum atomic E-state index is -0.163. The highest BCUT2D eigenvalue weighted by Crippen LogP contribution is 2.19. The zero-order valence-corrected chi connectivity index (χ0v) is 12.5. The quantitative estimate of drug-likeness (QED) is 0.864. The summed E-state index contributed by atoms with van der Waals surface area (Å²) in [5.41, 5.74) is 1.18. The minimum Gasteiger partial charge on any atom is -0.468 e. The maximum atomic E-state index is 12.0. The van der Waals surface area contributed by atoms with Crippen LogP contribution in [0.15, 0.2) is 10.9 Å². The normalized spacial score (nSPS) is 10.6. The van der Waals surface area contributed by atoms with E-state index in [-0.39, 0.29) is 18.1 Å². The van der Waals surface area contributed by atoms with Crippen LogP contribution < -0.4 is 15.6 Å². The molecule has 0 radical (unpaired) electrons. The lowest BCUT2D eigenvalue weighted by Gasteiger charge is -2.10. The topological polar surface area (TPSA) is 81.9 Å². The van der Waals surface area contributed by atoms with Gasteiger partial charge in [0, 0.05) is 29.8 Å². The predicted molar refractivity (Wildman–Crippen MR) is 77.6 cm³/mol. The number of hydrogen-bond acceptors (Lipinski definition) is 7. The summed E-state index contributed by atoms with van der Waals surface area (Å²) in [6.45, 7) is 4.97. The van der Waals surface area contributed by atoms with Crippen molar-refractivity contribution in [3.8, 4) is 6.01 Å². The molecule has 0 aliphatic heterocycles. The van der Waals surface area contributed by atoms with E-state index in [9.17, 15) is 4.79 Å². The molecule has 0 saturated heterocycles. The van der Waals surface area contributed by atoms with Gasteiger partial charge in [-0.2, -0.15) is 0 Å². The van der Waals surface area contributed by atoms with E-state index in [1.165, 1.54) is 29.3 Å². The largest absolute Gasteiger partial charge is 0.468 e. The highest BCUT2D eigenvalue weighted by molar-refractivity contribution is 7.10. The van der Waals surface area contributed by atoms with E-state index < -0.39 is 0 Å². The summed E-state index contributed by atoms with van der Waals surface area (Å²) in [6, 6.07) is 1.76. The van der Waals surface area contributed by atoms with Gasteiger partial charge in [0.25, 0.3) is 11.6 Å². The summed E-state index contributed by atoms with van der Waals surface area (Å²) in [6.07, 6.45) is 1.01. The van der Waals surface area contributed by atoms with Crippen molar-refractivity contribution in [2.24, 2.45) is 0 Å². The van der Waals surface area contributed by atoms with Crippen LogP contribution in [-0.4, -0.2) is 32.8 Å². The van der Waals surface area contributed by atoms with Gasteiger partial charge in [-0.15, -0.1) is 5.10 Å². The third kappa shape index (κ3) is 3.13. The molecule has 0 amide bonds. The molecule has 2 aromatic heterocycles. The Kier molecular flexibility index (Phi) is 4.67. The van der Waals surface area contributed by atoms with Crippen molar-refractivity contribution in [2.45, 2.75) is 26.8 Å². The van der Waals surface area contributed by atoms with Gasteiger partial charge in [0.15, 0.2) is 0 Å². The molecule has 0 bridgehead atoms. The highest BCUT2D eigenvalue weighted by Gasteiger charge is 2.13. The second-order valence-corrected chi connectivity index (χ2v) is 5.04. The lowest BCUT2D eigenvalue weighted by atomic mass is 10.4. The van der Waals surface area contributed by atoms with Gasteiger partial charge >= 0.3 is 0 Å². The van der Waals surface area contributed by atoms with Gasteiger partial charge in [-0.05, 0) is 13.3 Å². The Balaban J connectivity index is 2.31. The first-order chi connectivity index (χ1) is 9.65. The molecule has 0 aliphatic carbocycles. The molecule has 7 nitrogen and oxygen atoms in total. The third-order valence-electron chi connectivity index (χ3n) is 2.68. The number of ether oxygens (including phenoxy) is 1. The van der Waals surface area contributed by atoms with Gasteiger partial charge in [0.1, 0.15) is 10.7 Å². The molecule has 20 heavy (non-hydrogen) atoms. The number of hydrogen-bond donors (Lipinski definition) is 1. The Hall–Kier alpha value is -1.96. The van der Waals surface area contributed by atoms with Crippen LogP contribution in [0, 0.1) is 6.92 Å². The molecule has 0 aromatic carbocycles. The standard InChI is InChI=1S/C12H17N5O2S/c1-4-5-13-11-9(15-16-20-11)7-17-10(18)6-8(2)14-12(17)19-3/h6,13H,4-5,7H2,1-3H3. The second-order valence-electron chi connectivity index (χ2n) is 4.28. The Morgan fingerprint density at radius 2 is 2.30 bits per heavy atom. The molecule has 108 valence electrons. The molecular formula is C12H17N5O2S. The summed E-state index contributed by atoms with van der Waals surface area (Å²) in [5.74, 6) is 0. The molecule has 0 atom stereocenters. The Morgan fingerprint density at radius 3 is 3.00 bits per heavy atom. The van der Waals surface area contributed by atoms with Gasteiger partial charge in [0.2, 0.25) is 0 Å². The van der Waals surface area contributed by atoms with E-state index in [0.29, 0.717) is 5.69 Å². The van der Waals surface area contributed by atoms with Crippen molar-refractivity contribution in [2.75, 3.05) is 19.0 Å². The van der Waals surface area contributed by atoms with E-state index >= 15 is 0 Å². The van der Waals surface area contributed by atoms with Crippen molar-refractivity contribution in [3.05, 3.63) is 27.8 Å². The van der Waals surface area contributed by atoms with E-state index in [2.05, 4.69) is 26.8 Å². The fraction of sp³-hybridized carbons (Fsp3) is 0.500.